The molecule has 0 fully saturated rings. The molecular weight excluding hydrogens is 298 g/mol. The molecule has 0 aliphatic heterocycles. The van der Waals surface area contributed by atoms with Gasteiger partial charge in [0.15, 0.2) is 5.75 Å². The van der Waals surface area contributed by atoms with Crippen LogP contribution in [0.15, 0.2) is 17.6 Å². The Kier molecular flexibility index (Phi) is 5.04. The molecule has 5 nitrogen and oxygen atoms in total. The minimum atomic E-state index is -0.831. The summed E-state index contributed by atoms with van der Waals surface area (Å²) >= 11 is 7.52. The van der Waals surface area contributed by atoms with E-state index in [0.717, 1.165) is 6.54 Å². The van der Waals surface area contributed by atoms with Gasteiger partial charge < -0.3 is 14.7 Å². The molecule has 20 heavy (non-hydrogen) atoms. The molecule has 2 aromatic heterocycles. The average Bonchev–Trinajstić information content (AvgIpc) is 3.01. The normalized spacial score (nSPS) is 12.9. The van der Waals surface area contributed by atoms with E-state index in [0.29, 0.717) is 27.9 Å². The van der Waals surface area contributed by atoms with Crippen LogP contribution in [-0.2, 0) is 6.54 Å². The monoisotopic (exact) mass is 315 g/mol. The van der Waals surface area contributed by atoms with Crippen molar-refractivity contribution < 1.29 is 9.84 Å². The van der Waals surface area contributed by atoms with Crippen LogP contribution in [0.1, 0.15) is 16.7 Å². The molecule has 0 spiro atoms. The Morgan fingerprint density at radius 1 is 1.55 bits per heavy atom. The van der Waals surface area contributed by atoms with Crippen molar-refractivity contribution >= 4 is 22.9 Å². The zero-order chi connectivity index (χ0) is 14.7. The first-order valence-corrected chi connectivity index (χ1v) is 7.45. The second-order valence-electron chi connectivity index (χ2n) is 4.66. The number of thiophene rings is 1. The van der Waals surface area contributed by atoms with E-state index >= 15 is 0 Å². The van der Waals surface area contributed by atoms with Gasteiger partial charge in [-0.15, -0.1) is 11.3 Å². The van der Waals surface area contributed by atoms with Crippen molar-refractivity contribution in [3.05, 3.63) is 33.2 Å². The highest BCUT2D eigenvalue weighted by Gasteiger charge is 2.24. The van der Waals surface area contributed by atoms with E-state index in [1.807, 2.05) is 19.5 Å². The Balaban J connectivity index is 2.33. The number of aromatic nitrogens is 2. The molecule has 2 heterocycles. The number of hydrogen-bond acceptors (Lipinski definition) is 5. The van der Waals surface area contributed by atoms with Gasteiger partial charge in [0, 0.05) is 6.54 Å². The lowest BCUT2D eigenvalue weighted by Gasteiger charge is -2.16. The van der Waals surface area contributed by atoms with Crippen LogP contribution >= 0.6 is 22.9 Å². The minimum Gasteiger partial charge on any atom is -0.493 e. The van der Waals surface area contributed by atoms with Crippen molar-refractivity contribution in [2.45, 2.75) is 12.6 Å². The number of aliphatic hydroxyl groups excluding tert-OH is 1. The quantitative estimate of drug-likeness (QED) is 0.888. The summed E-state index contributed by atoms with van der Waals surface area (Å²) in [6.45, 7) is 1.49. The number of hydrogen-bond donors (Lipinski definition) is 1. The highest BCUT2D eigenvalue weighted by molar-refractivity contribution is 7.10. The first-order valence-electron chi connectivity index (χ1n) is 6.20. The zero-order valence-electron chi connectivity index (χ0n) is 11.7. The van der Waals surface area contributed by atoms with E-state index in [4.69, 9.17) is 16.3 Å². The fraction of sp³-hybridized carbons (Fsp3) is 0.462. The van der Waals surface area contributed by atoms with Crippen molar-refractivity contribution in [2.24, 2.45) is 0 Å². The summed E-state index contributed by atoms with van der Waals surface area (Å²) in [6, 6.07) is 1.78. The molecule has 1 N–H and O–H groups in total. The van der Waals surface area contributed by atoms with E-state index in [2.05, 4.69) is 10.00 Å². The zero-order valence-corrected chi connectivity index (χ0v) is 13.3. The third-order valence-corrected chi connectivity index (χ3v) is 4.39. The van der Waals surface area contributed by atoms with Crippen molar-refractivity contribution in [3.8, 4) is 5.75 Å². The third-order valence-electron chi connectivity index (χ3n) is 2.98. The summed E-state index contributed by atoms with van der Waals surface area (Å²) in [4.78, 5) is 2.76. The molecular formula is C13H18ClN3O2S. The maximum absolute atomic E-state index is 10.6. The van der Waals surface area contributed by atoms with Crippen LogP contribution in [0.3, 0.4) is 0 Å². The Bertz CT molecular complexity index is 568. The Hall–Kier alpha value is -1.08. The molecule has 110 valence electrons. The summed E-state index contributed by atoms with van der Waals surface area (Å²) in [5.41, 5.74) is 0.638. The van der Waals surface area contributed by atoms with Crippen LogP contribution in [0.2, 0.25) is 5.02 Å². The van der Waals surface area contributed by atoms with E-state index in [-0.39, 0.29) is 0 Å². The largest absolute Gasteiger partial charge is 0.493 e. The number of methoxy groups -OCH3 is 1. The van der Waals surface area contributed by atoms with Gasteiger partial charge in [-0.1, -0.05) is 11.6 Å². The molecule has 0 aliphatic rings. The van der Waals surface area contributed by atoms with Gasteiger partial charge in [-0.3, -0.25) is 4.68 Å². The first-order chi connectivity index (χ1) is 9.54. The van der Waals surface area contributed by atoms with Gasteiger partial charge in [-0.2, -0.15) is 5.10 Å². The van der Waals surface area contributed by atoms with Crippen LogP contribution in [0, 0.1) is 0 Å². The predicted octanol–water partition coefficient (Wildman–Crippen LogP) is 2.25. The molecule has 1 atom stereocenters. The molecule has 0 radical (unpaired) electrons. The molecule has 7 heteroatoms. The minimum absolute atomic E-state index is 0.560. The summed E-state index contributed by atoms with van der Waals surface area (Å²) in [5.74, 6) is 0.570. The maximum atomic E-state index is 10.6. The van der Waals surface area contributed by atoms with Crippen molar-refractivity contribution in [2.75, 3.05) is 27.7 Å². The van der Waals surface area contributed by atoms with E-state index in [1.165, 1.54) is 11.3 Å². The smallest absolute Gasteiger partial charge is 0.163 e. The lowest BCUT2D eigenvalue weighted by molar-refractivity contribution is 0.204. The fourth-order valence-corrected chi connectivity index (χ4v) is 3.06. The predicted molar refractivity (Wildman–Crippen MR) is 80.7 cm³/mol. The van der Waals surface area contributed by atoms with E-state index in [9.17, 15) is 5.11 Å². The molecule has 0 amide bonds. The number of aliphatic hydroxyl groups is 1. The summed E-state index contributed by atoms with van der Waals surface area (Å²) in [5, 5.41) is 17.3. The molecule has 0 saturated heterocycles. The van der Waals surface area contributed by atoms with Gasteiger partial charge in [-0.05, 0) is 25.5 Å². The lowest BCUT2D eigenvalue weighted by atomic mass is 10.2. The molecule has 0 aromatic carbocycles. The second-order valence-corrected chi connectivity index (χ2v) is 6.01. The highest BCUT2D eigenvalue weighted by Crippen LogP contribution is 2.36. The summed E-state index contributed by atoms with van der Waals surface area (Å²) in [7, 11) is 5.56. The standard InChI is InChI=1S/C13H18ClN3O2S/c1-16(2)5-6-17-11(10(19-3)8-15-17)12(18)13-9(14)4-7-20-13/h4,7-8,12,18H,5-6H2,1-3H3. The number of halogens is 1. The lowest BCUT2D eigenvalue weighted by Crippen LogP contribution is -2.21. The maximum Gasteiger partial charge on any atom is 0.163 e. The molecule has 2 aromatic rings. The molecule has 2 rings (SSSR count). The SMILES string of the molecule is COc1cnn(CCN(C)C)c1C(O)c1sccc1Cl. The van der Waals surface area contributed by atoms with Crippen LogP contribution in [-0.4, -0.2) is 47.5 Å². The van der Waals surface area contributed by atoms with Gasteiger partial charge in [0.05, 0.1) is 29.8 Å². The van der Waals surface area contributed by atoms with Crippen LogP contribution in [0.5, 0.6) is 5.75 Å². The van der Waals surface area contributed by atoms with Crippen molar-refractivity contribution in [3.63, 3.8) is 0 Å². The van der Waals surface area contributed by atoms with Gasteiger partial charge in [-0.25, -0.2) is 0 Å². The average molecular weight is 316 g/mol. The molecule has 0 bridgehead atoms. The van der Waals surface area contributed by atoms with E-state index in [1.54, 1.807) is 24.1 Å². The van der Waals surface area contributed by atoms with E-state index < -0.39 is 6.10 Å². The highest BCUT2D eigenvalue weighted by atomic mass is 35.5. The Morgan fingerprint density at radius 3 is 2.85 bits per heavy atom. The number of ether oxygens (including phenoxy) is 1. The van der Waals surface area contributed by atoms with Crippen LogP contribution in [0.4, 0.5) is 0 Å². The Morgan fingerprint density at radius 2 is 2.30 bits per heavy atom. The molecule has 0 saturated carbocycles. The topological polar surface area (TPSA) is 50.5 Å². The van der Waals surface area contributed by atoms with Crippen LogP contribution < -0.4 is 4.74 Å². The Labute approximate surface area is 127 Å². The summed E-state index contributed by atoms with van der Waals surface area (Å²) < 4.78 is 7.06. The third kappa shape index (κ3) is 3.15. The van der Waals surface area contributed by atoms with Crippen molar-refractivity contribution in [1.29, 1.82) is 0 Å². The first kappa shape index (κ1) is 15.3. The number of nitrogens with zero attached hydrogens (tertiary/aromatic N) is 3. The fourth-order valence-electron chi connectivity index (χ4n) is 1.91. The van der Waals surface area contributed by atoms with Gasteiger partial charge in [0.1, 0.15) is 11.8 Å². The van der Waals surface area contributed by atoms with Gasteiger partial charge in [0.2, 0.25) is 0 Å². The summed E-state index contributed by atoms with van der Waals surface area (Å²) in [6.07, 6.45) is 0.789. The molecule has 1 unspecified atom stereocenters. The van der Waals surface area contributed by atoms with Crippen LogP contribution in [0.25, 0.3) is 0 Å². The second kappa shape index (κ2) is 6.58. The van der Waals surface area contributed by atoms with Gasteiger partial charge in [0.25, 0.3) is 0 Å². The number of rotatable bonds is 6. The van der Waals surface area contributed by atoms with Crippen molar-refractivity contribution in [1.82, 2.24) is 14.7 Å². The molecule has 0 aliphatic carbocycles. The van der Waals surface area contributed by atoms with Gasteiger partial charge >= 0.3 is 0 Å². The number of likely N-dealkylation sites (N-methyl/N-ethyl adjacent to an activating group) is 1.